The van der Waals surface area contributed by atoms with Crippen LogP contribution in [0.4, 0.5) is 0 Å². The van der Waals surface area contributed by atoms with Gasteiger partial charge in [0, 0.05) is 6.61 Å². The molecule has 0 spiro atoms. The van der Waals surface area contributed by atoms with Gasteiger partial charge in [-0.1, -0.05) is 90.4 Å². The Labute approximate surface area is 174 Å². The first-order valence-electron chi connectivity index (χ1n) is 10.7. The number of rotatable bonds is 20. The summed E-state index contributed by atoms with van der Waals surface area (Å²) in [6.07, 6.45) is 14.0. The summed E-state index contributed by atoms with van der Waals surface area (Å²) in [6.45, 7) is 2.15. The lowest BCUT2D eigenvalue weighted by Gasteiger charge is -2.18. The lowest BCUT2D eigenvalue weighted by molar-refractivity contribution is -0.156. The first kappa shape index (κ1) is 27.8. The number of hydrogen-bond acceptors (Lipinski definition) is 5. The van der Waals surface area contributed by atoms with Crippen LogP contribution in [0, 0.1) is 0 Å². The van der Waals surface area contributed by atoms with Gasteiger partial charge in [-0.15, -0.1) is 0 Å². The van der Waals surface area contributed by atoms with Crippen LogP contribution < -0.4 is 0 Å². The maximum Gasteiger partial charge on any atom is 0.334 e. The average molecular weight is 439 g/mol. The normalized spacial score (nSPS) is 13.9. The number of aliphatic carboxylic acids is 2. The maximum absolute atomic E-state index is 11.1. The summed E-state index contributed by atoms with van der Waals surface area (Å²) in [4.78, 5) is 22.1. The molecule has 0 aromatic rings. The second-order valence-electron chi connectivity index (χ2n) is 7.50. The number of unbranched alkanes of at least 4 members (excludes halogenated alkanes) is 13. The van der Waals surface area contributed by atoms with Gasteiger partial charge in [0.05, 0.1) is 0 Å². The highest BCUT2D eigenvalue weighted by Gasteiger charge is 2.44. The van der Waals surface area contributed by atoms with Crippen LogP contribution in [-0.4, -0.2) is 53.1 Å². The summed E-state index contributed by atoms with van der Waals surface area (Å²) in [5, 5.41) is 15.3. The molecule has 9 heteroatoms. The van der Waals surface area contributed by atoms with E-state index in [-0.39, 0.29) is 6.61 Å². The van der Waals surface area contributed by atoms with Crippen LogP contribution in [0.25, 0.3) is 0 Å². The van der Waals surface area contributed by atoms with Gasteiger partial charge in [0.25, 0.3) is 10.1 Å². The van der Waals surface area contributed by atoms with E-state index in [2.05, 4.69) is 6.92 Å². The van der Waals surface area contributed by atoms with Gasteiger partial charge in [-0.25, -0.2) is 4.79 Å². The Morgan fingerprint density at radius 1 is 0.724 bits per heavy atom. The predicted octanol–water partition coefficient (Wildman–Crippen LogP) is 4.28. The topological polar surface area (TPSA) is 138 Å². The summed E-state index contributed by atoms with van der Waals surface area (Å²) in [5.41, 5.74) is 0. The molecule has 0 aliphatic rings. The molecule has 2 unspecified atom stereocenters. The van der Waals surface area contributed by atoms with Crippen LogP contribution in [0.3, 0.4) is 0 Å². The van der Waals surface area contributed by atoms with Gasteiger partial charge in [-0.05, 0) is 6.42 Å². The summed E-state index contributed by atoms with van der Waals surface area (Å²) >= 11 is 0. The van der Waals surface area contributed by atoms with Gasteiger partial charge in [-0.2, -0.15) is 8.42 Å². The van der Waals surface area contributed by atoms with Crippen LogP contribution in [0.5, 0.6) is 0 Å². The van der Waals surface area contributed by atoms with Crippen molar-refractivity contribution in [3.05, 3.63) is 0 Å². The van der Waals surface area contributed by atoms with E-state index in [9.17, 15) is 18.0 Å². The summed E-state index contributed by atoms with van der Waals surface area (Å²) in [5.74, 6) is -3.69. The third-order valence-electron chi connectivity index (χ3n) is 4.88. The minimum absolute atomic E-state index is 0.0751. The SMILES string of the molecule is CCCCCCCCCCCCCCCCOC(C(=O)O)C(C(=O)O)S(=O)(=O)O. The molecule has 0 heterocycles. The first-order chi connectivity index (χ1) is 13.7. The van der Waals surface area contributed by atoms with Crippen LogP contribution in [0.2, 0.25) is 0 Å². The monoisotopic (exact) mass is 438 g/mol. The minimum Gasteiger partial charge on any atom is -0.480 e. The second kappa shape index (κ2) is 16.6. The van der Waals surface area contributed by atoms with Gasteiger partial charge < -0.3 is 14.9 Å². The van der Waals surface area contributed by atoms with Crippen molar-refractivity contribution < 1.29 is 37.5 Å². The van der Waals surface area contributed by atoms with Gasteiger partial charge in [0.1, 0.15) is 0 Å². The molecule has 3 N–H and O–H groups in total. The van der Waals surface area contributed by atoms with Crippen molar-refractivity contribution in [1.82, 2.24) is 0 Å². The van der Waals surface area contributed by atoms with E-state index in [0.29, 0.717) is 6.42 Å². The highest BCUT2D eigenvalue weighted by molar-refractivity contribution is 7.87. The minimum atomic E-state index is -5.08. The van der Waals surface area contributed by atoms with Crippen molar-refractivity contribution >= 4 is 22.1 Å². The zero-order chi connectivity index (χ0) is 22.1. The smallest absolute Gasteiger partial charge is 0.334 e. The van der Waals surface area contributed by atoms with E-state index < -0.39 is 33.4 Å². The molecule has 0 aromatic heterocycles. The largest absolute Gasteiger partial charge is 0.480 e. The van der Waals surface area contributed by atoms with E-state index in [4.69, 9.17) is 19.5 Å². The van der Waals surface area contributed by atoms with E-state index in [1.807, 2.05) is 0 Å². The Morgan fingerprint density at radius 2 is 1.10 bits per heavy atom. The molecule has 0 aliphatic carbocycles. The molecule has 29 heavy (non-hydrogen) atoms. The van der Waals surface area contributed by atoms with Gasteiger partial charge in [0.2, 0.25) is 5.25 Å². The highest BCUT2D eigenvalue weighted by atomic mass is 32.2. The third-order valence-corrected chi connectivity index (χ3v) is 5.97. The molecule has 0 aromatic carbocycles. The Bertz CT molecular complexity index is 547. The molecule has 0 saturated heterocycles. The van der Waals surface area contributed by atoms with E-state index in [1.54, 1.807) is 0 Å². The lowest BCUT2D eigenvalue weighted by Crippen LogP contribution is -2.46. The fourth-order valence-corrected chi connectivity index (χ4v) is 3.97. The molecule has 172 valence electrons. The third kappa shape index (κ3) is 14.4. The fourth-order valence-electron chi connectivity index (χ4n) is 3.21. The molecule has 8 nitrogen and oxygen atoms in total. The molecule has 0 fully saturated rings. The van der Waals surface area contributed by atoms with Crippen LogP contribution in [0.1, 0.15) is 96.8 Å². The quantitative estimate of drug-likeness (QED) is 0.189. The van der Waals surface area contributed by atoms with Gasteiger partial charge in [0.15, 0.2) is 6.10 Å². The number of carbonyl (C=O) groups is 2. The van der Waals surface area contributed by atoms with Crippen molar-refractivity contribution in [3.63, 3.8) is 0 Å². The van der Waals surface area contributed by atoms with Crippen molar-refractivity contribution in [1.29, 1.82) is 0 Å². The second-order valence-corrected chi connectivity index (χ2v) is 9.04. The number of carboxylic acid groups (broad SMARTS) is 2. The molecule has 0 saturated carbocycles. The molecule has 0 amide bonds. The number of ether oxygens (including phenoxy) is 1. The molecule has 2 atom stereocenters. The highest BCUT2D eigenvalue weighted by Crippen LogP contribution is 2.14. The molecular weight excluding hydrogens is 400 g/mol. The van der Waals surface area contributed by atoms with Crippen molar-refractivity contribution in [2.75, 3.05) is 6.61 Å². The number of carboxylic acids is 2. The van der Waals surface area contributed by atoms with Crippen molar-refractivity contribution in [2.24, 2.45) is 0 Å². The van der Waals surface area contributed by atoms with Gasteiger partial charge >= 0.3 is 11.9 Å². The Kier molecular flexibility index (Phi) is 15.9. The number of hydrogen-bond donors (Lipinski definition) is 3. The van der Waals surface area contributed by atoms with Crippen LogP contribution >= 0.6 is 0 Å². The lowest BCUT2D eigenvalue weighted by atomic mass is 10.0. The standard InChI is InChI=1S/C20H38O8S/c1-2-3-4-5-6-7-8-9-10-11-12-13-14-15-16-28-17(19(21)22)18(20(23)24)29(25,26)27/h17-18H,2-16H2,1H3,(H,21,22)(H,23,24)(H,25,26,27). The Hall–Kier alpha value is -1.19. The Balaban J connectivity index is 3.77. The summed E-state index contributed by atoms with van der Waals surface area (Å²) < 4.78 is 36.1. The van der Waals surface area contributed by atoms with Crippen LogP contribution in [-0.2, 0) is 24.4 Å². The van der Waals surface area contributed by atoms with Crippen LogP contribution in [0.15, 0.2) is 0 Å². The Morgan fingerprint density at radius 3 is 1.41 bits per heavy atom. The van der Waals surface area contributed by atoms with Gasteiger partial charge in [-0.3, -0.25) is 9.35 Å². The molecule has 0 bridgehead atoms. The molecule has 0 rings (SSSR count). The summed E-state index contributed by atoms with van der Waals surface area (Å²) in [6, 6.07) is 0. The molecular formula is C20H38O8S. The molecule has 0 aliphatic heterocycles. The average Bonchev–Trinajstić information content (AvgIpc) is 2.62. The van der Waals surface area contributed by atoms with E-state index >= 15 is 0 Å². The van der Waals surface area contributed by atoms with Crippen molar-refractivity contribution in [3.8, 4) is 0 Å². The zero-order valence-corrected chi connectivity index (χ0v) is 18.4. The fraction of sp³-hybridized carbons (Fsp3) is 0.900. The van der Waals surface area contributed by atoms with E-state index in [1.165, 1.54) is 57.8 Å². The first-order valence-corrected chi connectivity index (χ1v) is 12.3. The zero-order valence-electron chi connectivity index (χ0n) is 17.6. The van der Waals surface area contributed by atoms with E-state index in [0.717, 1.165) is 25.7 Å². The summed E-state index contributed by atoms with van der Waals surface area (Å²) in [7, 11) is -5.08. The predicted molar refractivity (Wildman–Crippen MR) is 111 cm³/mol. The maximum atomic E-state index is 11.1. The molecule has 0 radical (unpaired) electrons. The van der Waals surface area contributed by atoms with Crippen molar-refractivity contribution in [2.45, 2.75) is 108 Å².